The molecule has 36 heavy (non-hydrogen) atoms. The molecule has 0 radical (unpaired) electrons. The number of nitrogens with two attached hydrogens (primary N) is 1. The van der Waals surface area contributed by atoms with E-state index in [9.17, 15) is 19.5 Å². The third-order valence-electron chi connectivity index (χ3n) is 6.58. The third-order valence-corrected chi connectivity index (χ3v) is 6.58. The van der Waals surface area contributed by atoms with Crippen molar-refractivity contribution in [2.45, 2.75) is 52.4 Å². The van der Waals surface area contributed by atoms with E-state index in [0.717, 1.165) is 33.1 Å². The number of aryl methyl sites for hydroxylation is 2. The molecular formula is C24H28N8O4. The zero-order chi connectivity index (χ0) is 25.6. The van der Waals surface area contributed by atoms with Crippen LogP contribution in [0.3, 0.4) is 0 Å². The van der Waals surface area contributed by atoms with Crippen LogP contribution in [0.1, 0.15) is 31.3 Å². The van der Waals surface area contributed by atoms with Gasteiger partial charge in [-0.2, -0.15) is 4.98 Å². The number of para-hydroxylation sites is 1. The number of aliphatic carboxylic acids is 1. The second-order valence-corrected chi connectivity index (χ2v) is 9.07. The van der Waals surface area contributed by atoms with E-state index in [1.165, 1.54) is 0 Å². The van der Waals surface area contributed by atoms with Crippen LogP contribution in [0.4, 0.5) is 5.95 Å². The molecular weight excluding hydrogens is 464 g/mol. The Morgan fingerprint density at radius 2 is 1.92 bits per heavy atom. The van der Waals surface area contributed by atoms with Crippen LogP contribution < -0.4 is 21.9 Å². The van der Waals surface area contributed by atoms with Gasteiger partial charge in [0.2, 0.25) is 5.95 Å². The standard InChI is InChI=1S/C24H28N8O4/c1-3-30-20-21(28-23(30)29-10-6-7-15(25)11-29)31(13-19(33)34)24(36)32(22(20)35)12-18-26-14(2)16-8-4-5-9-17(16)27-18/h4-5,8-9,15H,3,6-7,10-13,25H2,1-2H3,(H,33,34)/t15-/m1/s1. The average Bonchev–Trinajstić information content (AvgIpc) is 3.24. The number of aromatic nitrogens is 6. The van der Waals surface area contributed by atoms with Gasteiger partial charge in [0.15, 0.2) is 11.2 Å². The fraction of sp³-hybridized carbons (Fsp3) is 0.417. The predicted molar refractivity (Wildman–Crippen MR) is 134 cm³/mol. The topological polar surface area (TPSA) is 154 Å². The van der Waals surface area contributed by atoms with Gasteiger partial charge in [0.25, 0.3) is 5.56 Å². The highest BCUT2D eigenvalue weighted by atomic mass is 16.4. The van der Waals surface area contributed by atoms with Crippen LogP contribution in [-0.4, -0.2) is 58.9 Å². The zero-order valence-electron chi connectivity index (χ0n) is 20.2. The molecule has 3 aromatic heterocycles. The Labute approximate surface area is 205 Å². The summed E-state index contributed by atoms with van der Waals surface area (Å²) >= 11 is 0. The summed E-state index contributed by atoms with van der Waals surface area (Å²) in [6, 6.07) is 7.45. The highest BCUT2D eigenvalue weighted by Crippen LogP contribution is 2.23. The van der Waals surface area contributed by atoms with Gasteiger partial charge >= 0.3 is 11.7 Å². The van der Waals surface area contributed by atoms with E-state index in [0.29, 0.717) is 31.1 Å². The maximum absolute atomic E-state index is 13.7. The highest BCUT2D eigenvalue weighted by molar-refractivity contribution is 5.80. The lowest BCUT2D eigenvalue weighted by Crippen LogP contribution is -2.44. The number of benzene rings is 1. The summed E-state index contributed by atoms with van der Waals surface area (Å²) in [6.07, 6.45) is 1.77. The van der Waals surface area contributed by atoms with E-state index in [1.54, 1.807) is 4.57 Å². The summed E-state index contributed by atoms with van der Waals surface area (Å²) in [5, 5.41) is 10.4. The van der Waals surface area contributed by atoms with Crippen molar-refractivity contribution >= 4 is 34.0 Å². The van der Waals surface area contributed by atoms with Gasteiger partial charge in [0.05, 0.1) is 12.1 Å². The lowest BCUT2D eigenvalue weighted by molar-refractivity contribution is -0.137. The van der Waals surface area contributed by atoms with Crippen molar-refractivity contribution < 1.29 is 9.90 Å². The van der Waals surface area contributed by atoms with Gasteiger partial charge in [-0.1, -0.05) is 18.2 Å². The number of imidazole rings is 1. The monoisotopic (exact) mass is 492 g/mol. The van der Waals surface area contributed by atoms with Crippen LogP contribution in [0.2, 0.25) is 0 Å². The Kier molecular flexibility index (Phi) is 6.04. The van der Waals surface area contributed by atoms with Crippen molar-refractivity contribution in [3.05, 3.63) is 56.6 Å². The first-order valence-electron chi connectivity index (χ1n) is 12.0. The molecule has 1 atom stereocenters. The van der Waals surface area contributed by atoms with Crippen LogP contribution >= 0.6 is 0 Å². The van der Waals surface area contributed by atoms with E-state index >= 15 is 0 Å². The van der Waals surface area contributed by atoms with Crippen molar-refractivity contribution in [2.24, 2.45) is 5.73 Å². The fourth-order valence-corrected chi connectivity index (χ4v) is 4.94. The quantitative estimate of drug-likeness (QED) is 0.396. The highest BCUT2D eigenvalue weighted by Gasteiger charge is 2.27. The second-order valence-electron chi connectivity index (χ2n) is 9.07. The number of rotatable bonds is 6. The van der Waals surface area contributed by atoms with E-state index < -0.39 is 23.8 Å². The number of anilines is 1. The smallest absolute Gasteiger partial charge is 0.333 e. The minimum absolute atomic E-state index is 0.0324. The van der Waals surface area contributed by atoms with E-state index in [-0.39, 0.29) is 29.6 Å². The maximum atomic E-state index is 13.7. The minimum Gasteiger partial charge on any atom is -0.480 e. The second kappa shape index (κ2) is 9.19. The van der Waals surface area contributed by atoms with Crippen LogP contribution in [-0.2, 0) is 24.4 Å². The summed E-state index contributed by atoms with van der Waals surface area (Å²) < 4.78 is 3.76. The Balaban J connectivity index is 1.72. The third kappa shape index (κ3) is 4.02. The largest absolute Gasteiger partial charge is 0.480 e. The zero-order valence-corrected chi connectivity index (χ0v) is 20.2. The molecule has 0 bridgehead atoms. The molecule has 0 spiro atoms. The number of carboxylic acids is 1. The molecule has 3 N–H and O–H groups in total. The van der Waals surface area contributed by atoms with Gasteiger partial charge in [-0.15, -0.1) is 0 Å². The van der Waals surface area contributed by atoms with Gasteiger partial charge in [0.1, 0.15) is 12.4 Å². The molecule has 1 aliphatic rings. The van der Waals surface area contributed by atoms with Gasteiger partial charge in [-0.3, -0.25) is 18.7 Å². The van der Waals surface area contributed by atoms with E-state index in [4.69, 9.17) is 5.73 Å². The number of piperidine rings is 1. The molecule has 1 saturated heterocycles. The number of fused-ring (bicyclic) bond motifs is 2. The molecule has 0 aliphatic carbocycles. The summed E-state index contributed by atoms with van der Waals surface area (Å²) in [5.41, 5.74) is 6.47. The molecule has 0 unspecified atom stereocenters. The van der Waals surface area contributed by atoms with Gasteiger partial charge in [0, 0.05) is 36.8 Å². The summed E-state index contributed by atoms with van der Waals surface area (Å²) in [4.78, 5) is 54.5. The van der Waals surface area contributed by atoms with E-state index in [1.807, 2.05) is 43.0 Å². The van der Waals surface area contributed by atoms with E-state index in [2.05, 4.69) is 15.0 Å². The number of hydrogen-bond acceptors (Lipinski definition) is 8. The maximum Gasteiger partial charge on any atom is 0.333 e. The molecule has 5 rings (SSSR count). The van der Waals surface area contributed by atoms with Crippen LogP contribution in [0.15, 0.2) is 33.9 Å². The first-order chi connectivity index (χ1) is 17.3. The Bertz CT molecular complexity index is 1600. The van der Waals surface area contributed by atoms with Gasteiger partial charge in [-0.25, -0.2) is 14.8 Å². The minimum atomic E-state index is -1.21. The molecule has 0 saturated carbocycles. The number of hydrogen-bond donors (Lipinski definition) is 2. The number of nitrogens with zero attached hydrogens (tertiary/aromatic N) is 7. The fourth-order valence-electron chi connectivity index (χ4n) is 4.94. The number of carbonyl (C=O) groups is 1. The first-order valence-corrected chi connectivity index (χ1v) is 12.0. The predicted octanol–water partition coefficient (Wildman–Crippen LogP) is 0.692. The molecule has 1 fully saturated rings. The van der Waals surface area contributed by atoms with Gasteiger partial charge in [-0.05, 0) is 32.8 Å². The molecule has 4 heterocycles. The Morgan fingerprint density at radius 3 is 2.64 bits per heavy atom. The molecule has 1 aliphatic heterocycles. The molecule has 12 heteroatoms. The van der Waals surface area contributed by atoms with Crippen molar-refractivity contribution in [1.82, 2.24) is 28.7 Å². The SMILES string of the molecule is CCn1c(N2CCC[C@@H](N)C2)nc2c1c(=O)n(Cc1nc(C)c3ccccc3n1)c(=O)n2CC(=O)O. The van der Waals surface area contributed by atoms with Crippen LogP contribution in [0.25, 0.3) is 22.1 Å². The van der Waals surface area contributed by atoms with Crippen molar-refractivity contribution in [3.63, 3.8) is 0 Å². The normalized spacial score (nSPS) is 16.2. The lowest BCUT2D eigenvalue weighted by Gasteiger charge is -2.31. The first kappa shape index (κ1) is 23.7. The van der Waals surface area contributed by atoms with Crippen molar-refractivity contribution in [1.29, 1.82) is 0 Å². The summed E-state index contributed by atoms with van der Waals surface area (Å²) in [6.45, 7) is 4.56. The molecule has 4 aromatic rings. The Morgan fingerprint density at radius 1 is 1.14 bits per heavy atom. The van der Waals surface area contributed by atoms with Crippen LogP contribution in [0.5, 0.6) is 0 Å². The summed E-state index contributed by atoms with van der Waals surface area (Å²) in [7, 11) is 0. The van der Waals surface area contributed by atoms with Crippen molar-refractivity contribution in [2.75, 3.05) is 18.0 Å². The number of carboxylic acid groups (broad SMARTS) is 1. The van der Waals surface area contributed by atoms with Gasteiger partial charge < -0.3 is 20.3 Å². The Hall–Kier alpha value is -4.06. The van der Waals surface area contributed by atoms with Crippen LogP contribution in [0, 0.1) is 6.92 Å². The average molecular weight is 493 g/mol. The lowest BCUT2D eigenvalue weighted by atomic mass is 10.1. The molecule has 1 aromatic carbocycles. The van der Waals surface area contributed by atoms with Crippen molar-refractivity contribution in [3.8, 4) is 0 Å². The molecule has 12 nitrogen and oxygen atoms in total. The molecule has 188 valence electrons. The summed E-state index contributed by atoms with van der Waals surface area (Å²) in [5.74, 6) is -0.417. The molecule has 0 amide bonds.